The lowest BCUT2D eigenvalue weighted by molar-refractivity contribution is 0.0988. The molecular formula is C17H19NO6S. The van der Waals surface area contributed by atoms with Crippen molar-refractivity contribution in [2.45, 2.75) is 17.6 Å². The molecule has 134 valence electrons. The maximum absolute atomic E-state index is 11.9. The van der Waals surface area contributed by atoms with Crippen molar-refractivity contribution in [3.63, 3.8) is 0 Å². The number of hydrogen-bond acceptors (Lipinski definition) is 6. The number of carbonyl (C=O) groups excluding carboxylic acids is 1. The molecule has 0 saturated heterocycles. The molecule has 0 aromatic heterocycles. The van der Waals surface area contributed by atoms with Crippen molar-refractivity contribution in [3.05, 3.63) is 66.2 Å². The molecule has 25 heavy (non-hydrogen) atoms. The molecule has 2 N–H and O–H groups in total. The summed E-state index contributed by atoms with van der Waals surface area (Å²) in [5, 5.41) is 12.1. The molecule has 0 radical (unpaired) electrons. The summed E-state index contributed by atoms with van der Waals surface area (Å²) in [4.78, 5) is 11.5. The lowest BCUT2D eigenvalue weighted by Crippen LogP contribution is -2.35. The van der Waals surface area contributed by atoms with Gasteiger partial charge in [-0.3, -0.25) is 4.18 Å². The molecule has 1 atom stereocenters. The third-order valence-corrected chi connectivity index (χ3v) is 4.44. The summed E-state index contributed by atoms with van der Waals surface area (Å²) in [6, 6.07) is 16.7. The monoisotopic (exact) mass is 365 g/mol. The Bertz CT molecular complexity index is 764. The van der Waals surface area contributed by atoms with Gasteiger partial charge in [-0.2, -0.15) is 8.42 Å². The fourth-order valence-electron chi connectivity index (χ4n) is 1.86. The average molecular weight is 365 g/mol. The van der Waals surface area contributed by atoms with Crippen LogP contribution < -0.4 is 5.32 Å². The highest BCUT2D eigenvalue weighted by atomic mass is 32.2. The molecule has 0 fully saturated rings. The Labute approximate surface area is 146 Å². The first-order chi connectivity index (χ1) is 12.0. The highest BCUT2D eigenvalue weighted by molar-refractivity contribution is 7.86. The summed E-state index contributed by atoms with van der Waals surface area (Å²) < 4.78 is 33.5. The minimum Gasteiger partial charge on any atom is -0.445 e. The normalized spacial score (nSPS) is 12.4. The highest BCUT2D eigenvalue weighted by Gasteiger charge is 2.17. The van der Waals surface area contributed by atoms with Gasteiger partial charge in [-0.05, 0) is 17.7 Å². The van der Waals surface area contributed by atoms with Crippen LogP contribution in [0.2, 0.25) is 0 Å². The zero-order valence-corrected chi connectivity index (χ0v) is 14.2. The number of alkyl carbamates (subject to hydrolysis) is 1. The van der Waals surface area contributed by atoms with Crippen molar-refractivity contribution in [3.8, 4) is 0 Å². The third kappa shape index (κ3) is 6.54. The minimum absolute atomic E-state index is 0.00238. The maximum atomic E-state index is 11.9. The predicted molar refractivity (Wildman–Crippen MR) is 90.2 cm³/mol. The second-order valence-corrected chi connectivity index (χ2v) is 6.76. The summed E-state index contributed by atoms with van der Waals surface area (Å²) in [6.45, 7) is -0.574. The largest absolute Gasteiger partial charge is 0.445 e. The van der Waals surface area contributed by atoms with Crippen molar-refractivity contribution < 1.29 is 27.2 Å². The molecule has 0 spiro atoms. The van der Waals surface area contributed by atoms with Gasteiger partial charge in [0.25, 0.3) is 10.1 Å². The Morgan fingerprint density at radius 2 is 1.64 bits per heavy atom. The summed E-state index contributed by atoms with van der Waals surface area (Å²) in [7, 11) is -3.94. The van der Waals surface area contributed by atoms with Crippen LogP contribution in [0.3, 0.4) is 0 Å². The molecule has 0 bridgehead atoms. The lowest BCUT2D eigenvalue weighted by Gasteiger charge is -2.12. The molecular weight excluding hydrogens is 346 g/mol. The highest BCUT2D eigenvalue weighted by Crippen LogP contribution is 2.11. The SMILES string of the molecule is O=C(NCC(O)COS(=O)(=O)c1ccccc1)OCc1ccccc1. The average Bonchev–Trinajstić information content (AvgIpc) is 2.64. The maximum Gasteiger partial charge on any atom is 0.407 e. The van der Waals surface area contributed by atoms with E-state index in [4.69, 9.17) is 8.92 Å². The predicted octanol–water partition coefficient (Wildman–Crippen LogP) is 1.68. The molecule has 0 saturated carbocycles. The van der Waals surface area contributed by atoms with Crippen LogP contribution >= 0.6 is 0 Å². The Hall–Kier alpha value is -2.42. The van der Waals surface area contributed by atoms with E-state index in [1.807, 2.05) is 30.3 Å². The summed E-state index contributed by atoms with van der Waals surface area (Å²) in [6.07, 6.45) is -1.91. The zero-order valence-electron chi connectivity index (χ0n) is 13.4. The molecule has 8 heteroatoms. The van der Waals surface area contributed by atoms with Crippen LogP contribution in [0.1, 0.15) is 5.56 Å². The Morgan fingerprint density at radius 3 is 2.28 bits per heavy atom. The summed E-state index contributed by atoms with van der Waals surface area (Å²) in [5.74, 6) is 0. The first-order valence-corrected chi connectivity index (χ1v) is 8.95. The molecule has 0 aliphatic carbocycles. The van der Waals surface area contributed by atoms with Gasteiger partial charge in [0.1, 0.15) is 6.61 Å². The standard InChI is InChI=1S/C17H19NO6S/c19-15(13-24-25(21,22)16-9-5-2-6-10-16)11-18-17(20)23-12-14-7-3-1-4-8-14/h1-10,15,19H,11-13H2,(H,18,20). The second-order valence-electron chi connectivity index (χ2n) is 5.15. The molecule has 0 aliphatic heterocycles. The van der Waals surface area contributed by atoms with Crippen LogP contribution in [0, 0.1) is 0 Å². The smallest absolute Gasteiger partial charge is 0.407 e. The molecule has 0 heterocycles. The van der Waals surface area contributed by atoms with E-state index in [0.29, 0.717) is 0 Å². The van der Waals surface area contributed by atoms with Crippen molar-refractivity contribution >= 4 is 16.2 Å². The van der Waals surface area contributed by atoms with Crippen LogP contribution in [0.15, 0.2) is 65.6 Å². The fraction of sp³-hybridized carbons (Fsp3) is 0.235. The number of hydrogen-bond donors (Lipinski definition) is 2. The van der Waals surface area contributed by atoms with Gasteiger partial charge in [-0.1, -0.05) is 48.5 Å². The molecule has 7 nitrogen and oxygen atoms in total. The van der Waals surface area contributed by atoms with Gasteiger partial charge in [0.2, 0.25) is 0 Å². The van der Waals surface area contributed by atoms with Gasteiger partial charge in [-0.15, -0.1) is 0 Å². The quantitative estimate of drug-likeness (QED) is 0.690. The van der Waals surface area contributed by atoms with Gasteiger partial charge < -0.3 is 15.2 Å². The first kappa shape index (κ1) is 18.9. The van der Waals surface area contributed by atoms with E-state index >= 15 is 0 Å². The molecule has 2 aromatic rings. The van der Waals surface area contributed by atoms with Crippen molar-refractivity contribution in [1.82, 2.24) is 5.32 Å². The molecule has 2 aromatic carbocycles. The molecule has 1 unspecified atom stereocenters. The third-order valence-electron chi connectivity index (χ3n) is 3.14. The lowest BCUT2D eigenvalue weighted by atomic mass is 10.2. The van der Waals surface area contributed by atoms with E-state index in [-0.39, 0.29) is 18.0 Å². The van der Waals surface area contributed by atoms with Crippen LogP contribution in [0.5, 0.6) is 0 Å². The Balaban J connectivity index is 1.70. The second kappa shape index (κ2) is 9.16. The number of benzene rings is 2. The number of aliphatic hydroxyl groups is 1. The van der Waals surface area contributed by atoms with E-state index in [2.05, 4.69) is 5.32 Å². The van der Waals surface area contributed by atoms with Crippen LogP contribution in [-0.2, 0) is 25.6 Å². The Morgan fingerprint density at radius 1 is 1.04 bits per heavy atom. The fourth-order valence-corrected chi connectivity index (χ4v) is 2.82. The number of nitrogens with one attached hydrogen (secondary N) is 1. The Kier molecular flexibility index (Phi) is 6.93. The van der Waals surface area contributed by atoms with Gasteiger partial charge in [0, 0.05) is 6.54 Å². The van der Waals surface area contributed by atoms with E-state index < -0.39 is 28.9 Å². The number of carbonyl (C=O) groups is 1. The van der Waals surface area contributed by atoms with Gasteiger partial charge in [0.15, 0.2) is 0 Å². The zero-order chi connectivity index (χ0) is 18.1. The molecule has 2 rings (SSSR count). The van der Waals surface area contributed by atoms with Crippen molar-refractivity contribution in [2.75, 3.05) is 13.2 Å². The summed E-state index contributed by atoms with van der Waals surface area (Å²) >= 11 is 0. The number of amides is 1. The van der Waals surface area contributed by atoms with Crippen molar-refractivity contribution in [1.29, 1.82) is 0 Å². The van der Waals surface area contributed by atoms with Gasteiger partial charge >= 0.3 is 6.09 Å². The first-order valence-electron chi connectivity index (χ1n) is 7.54. The minimum atomic E-state index is -3.94. The van der Waals surface area contributed by atoms with Crippen LogP contribution in [0.25, 0.3) is 0 Å². The number of aliphatic hydroxyl groups excluding tert-OH is 1. The van der Waals surface area contributed by atoms with E-state index in [1.165, 1.54) is 12.1 Å². The number of rotatable bonds is 8. The van der Waals surface area contributed by atoms with Gasteiger partial charge in [0.05, 0.1) is 17.6 Å². The topological polar surface area (TPSA) is 102 Å². The van der Waals surface area contributed by atoms with Crippen LogP contribution in [0.4, 0.5) is 4.79 Å². The van der Waals surface area contributed by atoms with Crippen molar-refractivity contribution in [2.24, 2.45) is 0 Å². The van der Waals surface area contributed by atoms with E-state index in [9.17, 15) is 18.3 Å². The number of ether oxygens (including phenoxy) is 1. The van der Waals surface area contributed by atoms with Gasteiger partial charge in [-0.25, -0.2) is 4.79 Å². The van der Waals surface area contributed by atoms with Crippen LogP contribution in [-0.4, -0.2) is 38.9 Å². The van der Waals surface area contributed by atoms with E-state index in [0.717, 1.165) is 5.56 Å². The molecule has 0 aliphatic rings. The molecule has 1 amide bonds. The van der Waals surface area contributed by atoms with E-state index in [1.54, 1.807) is 18.2 Å². The summed E-state index contributed by atoms with van der Waals surface area (Å²) in [5.41, 5.74) is 0.829.